The minimum Gasteiger partial charge on any atom is -0.481 e. The zero-order chi connectivity index (χ0) is 49.7. The summed E-state index contributed by atoms with van der Waals surface area (Å²) in [5, 5.41) is 56.3. The van der Waals surface area contributed by atoms with Gasteiger partial charge in [0.25, 0.3) is 0 Å². The largest absolute Gasteiger partial charge is 0.481 e. The Labute approximate surface area is 359 Å². The molecular weight excluding hydrogens is 808 g/mol. The number of likely N-dealkylation sites (N-methyl/N-ethyl adjacent to an activating group) is 2. The summed E-state index contributed by atoms with van der Waals surface area (Å²) in [6, 6.07) is -4.62. The lowest BCUT2D eigenvalue weighted by Crippen LogP contribution is -2.61. The van der Waals surface area contributed by atoms with Crippen molar-refractivity contribution in [3.63, 3.8) is 0 Å². The second-order valence-electron chi connectivity index (χ2n) is 13.6. The van der Waals surface area contributed by atoms with E-state index < -0.39 is 89.9 Å². The summed E-state index contributed by atoms with van der Waals surface area (Å²) in [4.78, 5) is 95.0. The number of amides is 4. The molecule has 61 heavy (non-hydrogen) atoms. The topological polar surface area (TPSA) is 431 Å². The highest BCUT2D eigenvalue weighted by molar-refractivity contribution is 5.98. The molecule has 19 N–H and O–H groups in total. The first-order valence-corrected chi connectivity index (χ1v) is 19.6. The van der Waals surface area contributed by atoms with Crippen LogP contribution in [0.4, 0.5) is 0 Å². The van der Waals surface area contributed by atoms with Crippen LogP contribution >= 0.6 is 0 Å². The van der Waals surface area contributed by atoms with Crippen molar-refractivity contribution in [3.8, 4) is 0 Å². The summed E-state index contributed by atoms with van der Waals surface area (Å²) in [5.74, 6) is -6.48. The van der Waals surface area contributed by atoms with Crippen LogP contribution in [0.25, 0.3) is 0 Å². The van der Waals surface area contributed by atoms with Gasteiger partial charge in [-0.15, -0.1) is 0 Å². The number of rotatable bonds is 16. The van der Waals surface area contributed by atoms with E-state index >= 15 is 0 Å². The molecule has 1 aliphatic heterocycles. The monoisotopic (exact) mass is 887 g/mol. The second-order valence-corrected chi connectivity index (χ2v) is 13.6. The van der Waals surface area contributed by atoms with Crippen molar-refractivity contribution in [2.45, 2.75) is 169 Å². The van der Waals surface area contributed by atoms with Gasteiger partial charge < -0.3 is 80.4 Å². The molecule has 0 saturated carbocycles. The molecule has 1 saturated heterocycles. The highest BCUT2D eigenvalue weighted by atomic mass is 16.4. The van der Waals surface area contributed by atoms with Gasteiger partial charge in [-0.25, -0.2) is 4.79 Å². The van der Waals surface area contributed by atoms with Gasteiger partial charge in [-0.1, -0.05) is 41.5 Å². The summed E-state index contributed by atoms with van der Waals surface area (Å²) in [7, 11) is 3.25. The number of nitrogens with two attached hydrogens (primary N) is 4. The molecule has 0 aromatic heterocycles. The summed E-state index contributed by atoms with van der Waals surface area (Å²) in [5.41, 5.74) is 21.0. The van der Waals surface area contributed by atoms with Crippen molar-refractivity contribution in [1.29, 1.82) is 0 Å². The Hall–Kier alpha value is -5.01. The van der Waals surface area contributed by atoms with Crippen LogP contribution in [0.5, 0.6) is 0 Å². The van der Waals surface area contributed by atoms with Crippen LogP contribution in [0.15, 0.2) is 0 Å². The lowest BCUT2D eigenvalue weighted by molar-refractivity contribution is -0.143. The molecule has 1 heterocycles. The van der Waals surface area contributed by atoms with E-state index in [1.165, 1.54) is 20.8 Å². The maximum atomic E-state index is 11.1. The van der Waals surface area contributed by atoms with Gasteiger partial charge in [0.05, 0.1) is 18.5 Å². The van der Waals surface area contributed by atoms with E-state index in [2.05, 4.69) is 38.8 Å². The average molecular weight is 887 g/mol. The van der Waals surface area contributed by atoms with Crippen LogP contribution in [-0.4, -0.2) is 154 Å². The van der Waals surface area contributed by atoms with E-state index in [1.54, 1.807) is 34.9 Å². The molecule has 1 aliphatic rings. The maximum absolute atomic E-state index is 11.1. The Morgan fingerprint density at radius 2 is 1.00 bits per heavy atom. The van der Waals surface area contributed by atoms with Crippen molar-refractivity contribution >= 4 is 53.5 Å². The van der Waals surface area contributed by atoms with Gasteiger partial charge in [-0.2, -0.15) is 0 Å². The number of carbonyl (C=O) groups excluding carboxylic acids is 4. The molecule has 24 nitrogen and oxygen atoms in total. The van der Waals surface area contributed by atoms with Crippen molar-refractivity contribution in [1.82, 2.24) is 31.9 Å². The van der Waals surface area contributed by atoms with Gasteiger partial charge >= 0.3 is 29.8 Å². The van der Waals surface area contributed by atoms with Gasteiger partial charge in [-0.3, -0.25) is 38.4 Å². The minimum absolute atomic E-state index is 0.333. The lowest BCUT2D eigenvalue weighted by atomic mass is 10.1. The third-order valence-corrected chi connectivity index (χ3v) is 7.21. The van der Waals surface area contributed by atoms with Crippen molar-refractivity contribution in [2.75, 3.05) is 14.1 Å². The predicted molar refractivity (Wildman–Crippen MR) is 229 cm³/mol. The third kappa shape index (κ3) is 44.4. The van der Waals surface area contributed by atoms with E-state index in [1.807, 2.05) is 27.7 Å². The number of carbonyl (C=O) groups is 9. The minimum atomic E-state index is -1.12. The van der Waals surface area contributed by atoms with E-state index in [4.69, 9.17) is 48.5 Å². The fraction of sp³-hybridized carbons (Fsp3) is 0.757. The number of aliphatic carboxylic acids is 5. The average Bonchev–Trinajstić information content (AvgIpc) is 3.15. The quantitative estimate of drug-likeness (QED) is 0.0792. The first-order valence-electron chi connectivity index (χ1n) is 19.6. The summed E-state index contributed by atoms with van der Waals surface area (Å²) in [6.45, 7) is 19.2. The van der Waals surface area contributed by atoms with Crippen LogP contribution in [0.2, 0.25) is 0 Å². The SMILES string of the molecule is CC(C)N.CC1NC(=O)C(CC(=O)O)NC1=O.CCC(C)N.CCC(N)C(=O)NC(C)C(=O)O.CCC(NC(=O)C(C)N)C(=O)O.CCC(NC)C(=O)O.CNC(C)C(=O)O. The first-order chi connectivity index (χ1) is 27.9. The van der Waals surface area contributed by atoms with E-state index in [0.29, 0.717) is 31.3 Å². The van der Waals surface area contributed by atoms with E-state index in [-0.39, 0.29) is 18.4 Å². The number of nitrogens with one attached hydrogen (secondary N) is 6. The Morgan fingerprint density at radius 3 is 1.23 bits per heavy atom. The van der Waals surface area contributed by atoms with Crippen LogP contribution in [0, 0.1) is 0 Å². The summed E-state index contributed by atoms with van der Waals surface area (Å²) < 4.78 is 0. The molecule has 0 bridgehead atoms. The Bertz CT molecular complexity index is 1280. The summed E-state index contributed by atoms with van der Waals surface area (Å²) in [6.07, 6.45) is 2.18. The molecule has 4 amide bonds. The molecule has 360 valence electrons. The molecule has 9 atom stereocenters. The zero-order valence-electron chi connectivity index (χ0n) is 38.0. The molecule has 0 radical (unpaired) electrons. The number of hydrogen-bond acceptors (Lipinski definition) is 15. The lowest BCUT2D eigenvalue weighted by Gasteiger charge is -2.26. The maximum Gasteiger partial charge on any atom is 0.326 e. The molecule has 24 heteroatoms. The Kier molecular flexibility index (Phi) is 44.9. The molecule has 9 unspecified atom stereocenters. The Morgan fingerprint density at radius 1 is 0.590 bits per heavy atom. The van der Waals surface area contributed by atoms with E-state index in [0.717, 1.165) is 6.42 Å². The Balaban J connectivity index is -0.000000149. The van der Waals surface area contributed by atoms with Crippen molar-refractivity contribution in [3.05, 3.63) is 0 Å². The van der Waals surface area contributed by atoms with Gasteiger partial charge in [-0.05, 0) is 80.4 Å². The van der Waals surface area contributed by atoms with Crippen LogP contribution in [0.3, 0.4) is 0 Å². The fourth-order valence-electron chi connectivity index (χ4n) is 2.89. The highest BCUT2D eigenvalue weighted by Gasteiger charge is 2.32. The number of carboxylic acid groups (broad SMARTS) is 5. The number of carboxylic acids is 5. The predicted octanol–water partition coefficient (Wildman–Crippen LogP) is -2.06. The molecule has 0 spiro atoms. The molecule has 0 aromatic carbocycles. The number of piperazine rings is 1. The van der Waals surface area contributed by atoms with Gasteiger partial charge in [0.1, 0.15) is 36.3 Å². The van der Waals surface area contributed by atoms with Crippen molar-refractivity contribution < 1.29 is 68.7 Å². The number of hydrogen-bond donors (Lipinski definition) is 15. The van der Waals surface area contributed by atoms with E-state index in [9.17, 15) is 43.2 Å². The fourth-order valence-corrected chi connectivity index (χ4v) is 2.89. The molecular formula is C37H78N10O14. The zero-order valence-corrected chi connectivity index (χ0v) is 38.0. The molecule has 1 fully saturated rings. The summed E-state index contributed by atoms with van der Waals surface area (Å²) >= 11 is 0. The van der Waals surface area contributed by atoms with Crippen LogP contribution in [-0.2, 0) is 43.2 Å². The smallest absolute Gasteiger partial charge is 0.326 e. The normalized spacial score (nSPS) is 16.9. The molecule has 0 aliphatic carbocycles. The standard InChI is InChI=1S/C7H10N2O4.2C7H14N2O3.C5H11NO2.C4H9NO2.C4H11N.C3H9N/c1-3-6(12)9-4(2-5(10)11)7(13)8-3;1-3-5(8)6(10)9-4(2)7(11)12;1-3-5(7(11)12)9-6(10)4(2)8;1-3-4(6-2)5(7)8;1-3(5-2)4(6)7;1-3-4(2)5;1-3(2)4/h3-4H,2H2,1H3,(H,8,13)(H,9,12)(H,10,11);2*4-5H,3,8H2,1-2H3,(H,9,10)(H,11,12);4,6H,3H2,1-2H3,(H,7,8);3,5H,1-2H3,(H,6,7);4H,3,5H2,1-2H3;3H,4H2,1-2H3. The van der Waals surface area contributed by atoms with Crippen molar-refractivity contribution in [2.24, 2.45) is 22.9 Å². The van der Waals surface area contributed by atoms with Gasteiger partial charge in [0.15, 0.2) is 0 Å². The third-order valence-electron chi connectivity index (χ3n) is 7.21. The molecule has 0 aromatic rings. The van der Waals surface area contributed by atoms with Crippen LogP contribution in [0.1, 0.15) is 108 Å². The van der Waals surface area contributed by atoms with Gasteiger partial charge in [0, 0.05) is 6.04 Å². The molecule has 1 rings (SSSR count). The highest BCUT2D eigenvalue weighted by Crippen LogP contribution is 2.00. The van der Waals surface area contributed by atoms with Gasteiger partial charge in [0.2, 0.25) is 23.6 Å². The second kappa shape index (κ2) is 40.4. The first kappa shape index (κ1) is 67.8. The van der Waals surface area contributed by atoms with Crippen LogP contribution < -0.4 is 54.8 Å².